The Bertz CT molecular complexity index is 1430. The third-order valence-corrected chi connectivity index (χ3v) is 5.90. The Morgan fingerprint density at radius 2 is 1.76 bits per heavy atom. The van der Waals surface area contributed by atoms with Crippen molar-refractivity contribution in [2.45, 2.75) is 12.8 Å². The number of carbonyl (C=O) groups excluding carboxylic acids is 2. The molecule has 5 rings (SSSR count). The van der Waals surface area contributed by atoms with Gasteiger partial charge in [0.2, 0.25) is 5.91 Å². The number of rotatable bonds is 5. The number of pyridine rings is 1. The van der Waals surface area contributed by atoms with Gasteiger partial charge < -0.3 is 20.1 Å². The molecule has 2 N–H and O–H groups in total. The van der Waals surface area contributed by atoms with E-state index in [4.69, 9.17) is 14.5 Å². The molecule has 34 heavy (non-hydrogen) atoms. The highest BCUT2D eigenvalue weighted by Crippen LogP contribution is 2.33. The van der Waals surface area contributed by atoms with E-state index in [0.717, 1.165) is 22.2 Å². The summed E-state index contributed by atoms with van der Waals surface area (Å²) in [5.41, 5.74) is 5.16. The summed E-state index contributed by atoms with van der Waals surface area (Å²) in [6.45, 7) is 0. The zero-order valence-corrected chi connectivity index (χ0v) is 18.8. The van der Waals surface area contributed by atoms with Crippen LogP contribution in [0.15, 0.2) is 66.7 Å². The molecule has 1 aromatic heterocycles. The molecular formula is C27H23N3O4. The van der Waals surface area contributed by atoms with Gasteiger partial charge in [-0.3, -0.25) is 9.59 Å². The predicted molar refractivity (Wildman–Crippen MR) is 132 cm³/mol. The summed E-state index contributed by atoms with van der Waals surface area (Å²) in [5.74, 6) is 0.978. The molecule has 1 aliphatic heterocycles. The number of nitrogens with zero attached hydrogens (tertiary/aromatic N) is 1. The molecule has 170 valence electrons. The number of benzene rings is 3. The van der Waals surface area contributed by atoms with E-state index in [1.54, 1.807) is 26.4 Å². The minimum Gasteiger partial charge on any atom is -0.493 e. The number of hydrogen-bond acceptors (Lipinski definition) is 5. The third-order valence-electron chi connectivity index (χ3n) is 5.90. The monoisotopic (exact) mass is 453 g/mol. The molecule has 7 heteroatoms. The highest BCUT2D eigenvalue weighted by atomic mass is 16.5. The number of fused-ring (bicyclic) bond motifs is 2. The van der Waals surface area contributed by atoms with E-state index >= 15 is 0 Å². The van der Waals surface area contributed by atoms with Crippen molar-refractivity contribution in [3.63, 3.8) is 0 Å². The number of amides is 2. The minimum absolute atomic E-state index is 0.00947. The van der Waals surface area contributed by atoms with E-state index in [1.807, 2.05) is 54.6 Å². The Hall–Kier alpha value is -4.39. The number of carbonyl (C=O) groups is 2. The highest BCUT2D eigenvalue weighted by Gasteiger charge is 2.18. The number of anilines is 2. The van der Waals surface area contributed by atoms with Gasteiger partial charge in [0.05, 0.1) is 31.0 Å². The molecule has 2 heterocycles. The van der Waals surface area contributed by atoms with Crippen LogP contribution in [0.5, 0.6) is 11.5 Å². The maximum absolute atomic E-state index is 13.4. The Morgan fingerprint density at radius 1 is 0.941 bits per heavy atom. The van der Waals surface area contributed by atoms with Crippen LogP contribution in [-0.4, -0.2) is 31.0 Å². The molecule has 7 nitrogen and oxygen atoms in total. The van der Waals surface area contributed by atoms with Crippen LogP contribution in [-0.2, 0) is 11.2 Å². The predicted octanol–water partition coefficient (Wildman–Crippen LogP) is 5.06. The number of hydrogen-bond donors (Lipinski definition) is 2. The topological polar surface area (TPSA) is 89.5 Å². The second-order valence-electron chi connectivity index (χ2n) is 8.02. The fraction of sp³-hybridized carbons (Fsp3) is 0.148. The second kappa shape index (κ2) is 8.86. The Kier molecular flexibility index (Phi) is 5.59. The van der Waals surface area contributed by atoms with Crippen LogP contribution in [0.2, 0.25) is 0 Å². The summed E-state index contributed by atoms with van der Waals surface area (Å²) in [5, 5.41) is 6.63. The van der Waals surface area contributed by atoms with Gasteiger partial charge in [0.1, 0.15) is 0 Å². The number of aromatic nitrogens is 1. The zero-order valence-electron chi connectivity index (χ0n) is 18.8. The minimum atomic E-state index is -0.236. The number of para-hydroxylation sites is 1. The van der Waals surface area contributed by atoms with E-state index in [1.165, 1.54) is 0 Å². The van der Waals surface area contributed by atoms with Crippen molar-refractivity contribution in [3.8, 4) is 22.8 Å². The van der Waals surface area contributed by atoms with Gasteiger partial charge in [-0.2, -0.15) is 0 Å². The molecule has 0 unspecified atom stereocenters. The average Bonchev–Trinajstić information content (AvgIpc) is 2.87. The lowest BCUT2D eigenvalue weighted by molar-refractivity contribution is -0.116. The van der Waals surface area contributed by atoms with E-state index in [9.17, 15) is 9.59 Å². The van der Waals surface area contributed by atoms with Crippen molar-refractivity contribution in [3.05, 3.63) is 77.9 Å². The lowest BCUT2D eigenvalue weighted by atomic mass is 10.0. The number of aryl methyl sites for hydroxylation is 1. The van der Waals surface area contributed by atoms with Crippen molar-refractivity contribution in [1.29, 1.82) is 0 Å². The molecule has 0 saturated heterocycles. The smallest absolute Gasteiger partial charge is 0.256 e. The van der Waals surface area contributed by atoms with E-state index in [-0.39, 0.29) is 11.8 Å². The van der Waals surface area contributed by atoms with Crippen molar-refractivity contribution in [2.24, 2.45) is 0 Å². The summed E-state index contributed by atoms with van der Waals surface area (Å²) in [6, 6.07) is 20.4. The number of ether oxygens (including phenoxy) is 2. The molecule has 0 spiro atoms. The first-order valence-electron chi connectivity index (χ1n) is 10.9. The van der Waals surface area contributed by atoms with Crippen LogP contribution in [0, 0.1) is 0 Å². The van der Waals surface area contributed by atoms with Crippen LogP contribution in [0.1, 0.15) is 22.3 Å². The highest BCUT2D eigenvalue weighted by molar-refractivity contribution is 6.13. The lowest BCUT2D eigenvalue weighted by Crippen LogP contribution is -2.19. The number of nitrogens with one attached hydrogen (secondary N) is 2. The fourth-order valence-corrected chi connectivity index (χ4v) is 4.17. The number of methoxy groups -OCH3 is 2. The standard InChI is InChI=1S/C27H23N3O4/c1-33-24-11-7-17(14-25(24)34-2)23-15-20(19-5-3-4-6-22(19)29-23)27(32)28-18-9-10-21-16(13-18)8-12-26(31)30-21/h3-7,9-11,13-15H,8,12H2,1-2H3,(H,28,32)(H,30,31). The summed E-state index contributed by atoms with van der Waals surface area (Å²) in [4.78, 5) is 29.8. The summed E-state index contributed by atoms with van der Waals surface area (Å²) < 4.78 is 10.8. The molecule has 1 aliphatic rings. The molecule has 3 aromatic carbocycles. The van der Waals surface area contributed by atoms with Crippen LogP contribution < -0.4 is 20.1 Å². The molecule has 0 aliphatic carbocycles. The molecule has 4 aromatic rings. The Balaban J connectivity index is 1.53. The molecule has 0 bridgehead atoms. The largest absolute Gasteiger partial charge is 0.493 e. The van der Waals surface area contributed by atoms with E-state index in [0.29, 0.717) is 46.8 Å². The van der Waals surface area contributed by atoms with Crippen LogP contribution >= 0.6 is 0 Å². The van der Waals surface area contributed by atoms with Gasteiger partial charge >= 0.3 is 0 Å². The van der Waals surface area contributed by atoms with Crippen molar-refractivity contribution in [1.82, 2.24) is 4.98 Å². The van der Waals surface area contributed by atoms with Crippen molar-refractivity contribution in [2.75, 3.05) is 24.9 Å². The van der Waals surface area contributed by atoms with Gasteiger partial charge in [0.25, 0.3) is 5.91 Å². The molecule has 0 fully saturated rings. The maximum atomic E-state index is 13.4. The van der Waals surface area contributed by atoms with Gasteiger partial charge in [0.15, 0.2) is 11.5 Å². The fourth-order valence-electron chi connectivity index (χ4n) is 4.17. The Labute approximate surface area is 196 Å². The maximum Gasteiger partial charge on any atom is 0.256 e. The summed E-state index contributed by atoms with van der Waals surface area (Å²) in [7, 11) is 3.17. The molecular weight excluding hydrogens is 430 g/mol. The summed E-state index contributed by atoms with van der Waals surface area (Å²) >= 11 is 0. The van der Waals surface area contributed by atoms with Gasteiger partial charge in [-0.1, -0.05) is 18.2 Å². The summed E-state index contributed by atoms with van der Waals surface area (Å²) in [6.07, 6.45) is 1.08. The molecule has 0 radical (unpaired) electrons. The molecule has 0 atom stereocenters. The SMILES string of the molecule is COc1ccc(-c2cc(C(=O)Nc3ccc4c(c3)CCC(=O)N4)c3ccccc3n2)cc1OC. The van der Waals surface area contributed by atoms with Crippen LogP contribution in [0.4, 0.5) is 11.4 Å². The first-order valence-corrected chi connectivity index (χ1v) is 10.9. The van der Waals surface area contributed by atoms with E-state index in [2.05, 4.69) is 10.6 Å². The molecule has 2 amide bonds. The lowest BCUT2D eigenvalue weighted by Gasteiger charge is -2.18. The van der Waals surface area contributed by atoms with E-state index < -0.39 is 0 Å². The van der Waals surface area contributed by atoms with Gasteiger partial charge in [-0.05, 0) is 60.5 Å². The van der Waals surface area contributed by atoms with Crippen molar-refractivity contribution >= 4 is 34.1 Å². The van der Waals surface area contributed by atoms with Gasteiger partial charge in [-0.15, -0.1) is 0 Å². The van der Waals surface area contributed by atoms with Crippen LogP contribution in [0.25, 0.3) is 22.2 Å². The van der Waals surface area contributed by atoms with Gasteiger partial charge in [0, 0.05) is 28.7 Å². The molecule has 0 saturated carbocycles. The van der Waals surface area contributed by atoms with Crippen LogP contribution in [0.3, 0.4) is 0 Å². The Morgan fingerprint density at radius 3 is 2.59 bits per heavy atom. The zero-order chi connectivity index (χ0) is 23.7. The quantitative estimate of drug-likeness (QED) is 0.441. The first kappa shape index (κ1) is 21.5. The first-order chi connectivity index (χ1) is 16.6. The normalized spacial score (nSPS) is 12.6. The average molecular weight is 453 g/mol. The van der Waals surface area contributed by atoms with Crippen molar-refractivity contribution < 1.29 is 19.1 Å². The van der Waals surface area contributed by atoms with Gasteiger partial charge in [-0.25, -0.2) is 4.98 Å². The third kappa shape index (κ3) is 4.03. The second-order valence-corrected chi connectivity index (χ2v) is 8.02.